The Morgan fingerprint density at radius 3 is 2.20 bits per heavy atom. The second-order valence-electron chi connectivity index (χ2n) is 5.64. The summed E-state index contributed by atoms with van der Waals surface area (Å²) in [6.07, 6.45) is 10.7. The summed E-state index contributed by atoms with van der Waals surface area (Å²) in [6, 6.07) is 0. The Bertz CT molecular complexity index is 267. The predicted octanol–water partition coefficient (Wildman–Crippen LogP) is 2.16. The predicted molar refractivity (Wildman–Crippen MR) is 79.5 cm³/mol. The maximum Gasteiger partial charge on any atom is 0.112 e. The van der Waals surface area contributed by atoms with E-state index in [0.29, 0.717) is 0 Å². The van der Waals surface area contributed by atoms with Crippen LogP contribution in [0.1, 0.15) is 58.3 Å². The minimum Gasteiger partial charge on any atom is -0.394 e. The summed E-state index contributed by atoms with van der Waals surface area (Å²) in [5.41, 5.74) is 0. The molecule has 118 valence electrons. The molecule has 0 spiro atoms. The number of allylic oxidation sites excluding steroid dienone is 1. The van der Waals surface area contributed by atoms with E-state index in [1.165, 1.54) is 38.5 Å². The molecule has 1 saturated heterocycles. The Morgan fingerprint density at radius 1 is 0.950 bits per heavy atom. The third-order valence-corrected chi connectivity index (χ3v) is 3.88. The van der Waals surface area contributed by atoms with Gasteiger partial charge in [-0.05, 0) is 12.8 Å². The monoisotopic (exact) mass is 286 g/mol. The zero-order valence-corrected chi connectivity index (χ0v) is 12.6. The Morgan fingerprint density at radius 2 is 1.60 bits per heavy atom. The number of rotatable bonds is 10. The van der Waals surface area contributed by atoms with Gasteiger partial charge in [-0.15, -0.1) is 0 Å². The molecule has 3 N–H and O–H groups in total. The molecule has 1 aliphatic rings. The lowest BCUT2D eigenvalue weighted by atomic mass is 10.1. The van der Waals surface area contributed by atoms with Crippen molar-refractivity contribution in [1.82, 2.24) is 0 Å². The molecule has 1 fully saturated rings. The lowest BCUT2D eigenvalue weighted by Gasteiger charge is -2.10. The average Bonchev–Trinajstić information content (AvgIpc) is 2.73. The molecule has 4 atom stereocenters. The van der Waals surface area contributed by atoms with Gasteiger partial charge in [-0.3, -0.25) is 0 Å². The topological polar surface area (TPSA) is 69.9 Å². The first-order valence-electron chi connectivity index (χ1n) is 7.99. The molecule has 1 rings (SSSR count). The molecular weight excluding hydrogens is 256 g/mol. The fraction of sp³-hybridized carbons (Fsp3) is 0.875. The second-order valence-corrected chi connectivity index (χ2v) is 5.64. The lowest BCUT2D eigenvalue weighted by molar-refractivity contribution is -0.0123. The van der Waals surface area contributed by atoms with E-state index in [0.717, 1.165) is 12.8 Å². The summed E-state index contributed by atoms with van der Waals surface area (Å²) in [5, 5.41) is 28.3. The summed E-state index contributed by atoms with van der Waals surface area (Å²) in [4.78, 5) is 0. The minimum atomic E-state index is -0.992. The molecular formula is C16H30O4. The first-order valence-corrected chi connectivity index (χ1v) is 7.99. The summed E-state index contributed by atoms with van der Waals surface area (Å²) in [5.74, 6) is 0. The lowest BCUT2D eigenvalue weighted by Crippen LogP contribution is -2.33. The van der Waals surface area contributed by atoms with Crippen LogP contribution in [0, 0.1) is 0 Å². The van der Waals surface area contributed by atoms with Gasteiger partial charge >= 0.3 is 0 Å². The Hall–Kier alpha value is -0.420. The third kappa shape index (κ3) is 5.92. The highest BCUT2D eigenvalue weighted by Gasteiger charge is 2.40. The van der Waals surface area contributed by atoms with Crippen LogP contribution in [0.5, 0.6) is 0 Å². The Kier molecular flexibility index (Phi) is 9.10. The molecule has 0 aromatic rings. The second kappa shape index (κ2) is 10.3. The Balaban J connectivity index is 2.07. The van der Waals surface area contributed by atoms with Gasteiger partial charge in [0.25, 0.3) is 0 Å². The van der Waals surface area contributed by atoms with Gasteiger partial charge in [0.15, 0.2) is 0 Å². The number of aliphatic hydroxyl groups excluding tert-OH is 3. The zero-order valence-electron chi connectivity index (χ0n) is 12.6. The van der Waals surface area contributed by atoms with Crippen molar-refractivity contribution in [1.29, 1.82) is 0 Å². The molecule has 4 heteroatoms. The van der Waals surface area contributed by atoms with E-state index >= 15 is 0 Å². The van der Waals surface area contributed by atoms with Crippen LogP contribution in [0.3, 0.4) is 0 Å². The summed E-state index contributed by atoms with van der Waals surface area (Å²) in [7, 11) is 0. The van der Waals surface area contributed by atoms with Crippen molar-refractivity contribution < 1.29 is 20.1 Å². The Labute approximate surface area is 122 Å². The average molecular weight is 286 g/mol. The first-order chi connectivity index (χ1) is 9.70. The third-order valence-electron chi connectivity index (χ3n) is 3.88. The first kappa shape index (κ1) is 17.6. The van der Waals surface area contributed by atoms with E-state index in [1.54, 1.807) is 6.08 Å². The minimum absolute atomic E-state index is 0.264. The van der Waals surface area contributed by atoms with E-state index in [4.69, 9.17) is 9.84 Å². The maximum absolute atomic E-state index is 9.74. The fourth-order valence-corrected chi connectivity index (χ4v) is 2.54. The highest BCUT2D eigenvalue weighted by molar-refractivity contribution is 5.02. The zero-order chi connectivity index (χ0) is 14.8. The van der Waals surface area contributed by atoms with E-state index in [9.17, 15) is 10.2 Å². The van der Waals surface area contributed by atoms with Gasteiger partial charge in [0, 0.05) is 0 Å². The molecule has 0 radical (unpaired) electrons. The van der Waals surface area contributed by atoms with Gasteiger partial charge in [0.2, 0.25) is 0 Å². The SMILES string of the molecule is CCCCCCCCCC=C[C@@H]1O[C@H](CO)[C@@H](O)[C@@H]1O. The molecule has 0 bridgehead atoms. The smallest absolute Gasteiger partial charge is 0.112 e. The van der Waals surface area contributed by atoms with Crippen LogP contribution in [0.2, 0.25) is 0 Å². The largest absolute Gasteiger partial charge is 0.394 e. The van der Waals surface area contributed by atoms with Crippen molar-refractivity contribution >= 4 is 0 Å². The summed E-state index contributed by atoms with van der Waals surface area (Å²) < 4.78 is 5.37. The maximum atomic E-state index is 9.74. The van der Waals surface area contributed by atoms with Gasteiger partial charge in [-0.2, -0.15) is 0 Å². The van der Waals surface area contributed by atoms with Gasteiger partial charge in [0.1, 0.15) is 24.4 Å². The van der Waals surface area contributed by atoms with Crippen LogP contribution in [-0.2, 0) is 4.74 Å². The van der Waals surface area contributed by atoms with Crippen molar-refractivity contribution in [3.8, 4) is 0 Å². The number of hydrogen-bond donors (Lipinski definition) is 3. The van der Waals surface area contributed by atoms with Crippen molar-refractivity contribution in [2.75, 3.05) is 6.61 Å². The van der Waals surface area contributed by atoms with Gasteiger partial charge in [-0.1, -0.05) is 57.6 Å². The van der Waals surface area contributed by atoms with Crippen molar-refractivity contribution in [2.45, 2.75) is 82.7 Å². The van der Waals surface area contributed by atoms with Crippen LogP contribution in [-0.4, -0.2) is 46.3 Å². The van der Waals surface area contributed by atoms with Crippen LogP contribution in [0.4, 0.5) is 0 Å². The number of unbranched alkanes of at least 4 members (excludes halogenated alkanes) is 7. The summed E-state index contributed by atoms with van der Waals surface area (Å²) in [6.45, 7) is 1.96. The molecule has 1 aliphatic heterocycles. The van der Waals surface area contributed by atoms with Crippen LogP contribution < -0.4 is 0 Å². The van der Waals surface area contributed by atoms with Gasteiger partial charge < -0.3 is 20.1 Å². The standard InChI is InChI=1S/C16H30O4/c1-2-3-4-5-6-7-8-9-10-11-13-15(18)16(19)14(12-17)20-13/h10-11,13-19H,2-9,12H2,1H3/t13-,14+,15+,16+/m0/s1. The molecule has 0 aliphatic carbocycles. The molecule has 0 aromatic carbocycles. The molecule has 1 heterocycles. The van der Waals surface area contributed by atoms with Crippen molar-refractivity contribution in [3.63, 3.8) is 0 Å². The van der Waals surface area contributed by atoms with E-state index in [1.807, 2.05) is 6.08 Å². The van der Waals surface area contributed by atoms with E-state index in [-0.39, 0.29) is 6.61 Å². The molecule has 20 heavy (non-hydrogen) atoms. The molecule has 0 aromatic heterocycles. The number of aliphatic hydroxyl groups is 3. The van der Waals surface area contributed by atoms with Gasteiger partial charge in [-0.25, -0.2) is 0 Å². The molecule has 0 unspecified atom stereocenters. The molecule has 0 amide bonds. The van der Waals surface area contributed by atoms with Crippen LogP contribution in [0.15, 0.2) is 12.2 Å². The highest BCUT2D eigenvalue weighted by atomic mass is 16.6. The van der Waals surface area contributed by atoms with Crippen molar-refractivity contribution in [3.05, 3.63) is 12.2 Å². The summed E-state index contributed by atoms with van der Waals surface area (Å²) >= 11 is 0. The number of hydrogen-bond acceptors (Lipinski definition) is 4. The normalized spacial score (nSPS) is 30.4. The van der Waals surface area contributed by atoms with Crippen LogP contribution in [0.25, 0.3) is 0 Å². The fourth-order valence-electron chi connectivity index (χ4n) is 2.54. The quantitative estimate of drug-likeness (QED) is 0.425. The molecule has 0 saturated carbocycles. The molecule has 4 nitrogen and oxygen atoms in total. The highest BCUT2D eigenvalue weighted by Crippen LogP contribution is 2.22. The van der Waals surface area contributed by atoms with E-state index in [2.05, 4.69) is 6.92 Å². The van der Waals surface area contributed by atoms with E-state index < -0.39 is 24.4 Å². The van der Waals surface area contributed by atoms with Crippen molar-refractivity contribution in [2.24, 2.45) is 0 Å². The van der Waals surface area contributed by atoms with Gasteiger partial charge in [0.05, 0.1) is 6.61 Å². The van der Waals surface area contributed by atoms with Crippen LogP contribution >= 0.6 is 0 Å². The number of ether oxygens (including phenoxy) is 1.